The van der Waals surface area contributed by atoms with Crippen LogP contribution in [-0.2, 0) is 21.2 Å². The lowest BCUT2D eigenvalue weighted by molar-refractivity contribution is -0.120. The number of rotatable bonds is 7. The summed E-state index contributed by atoms with van der Waals surface area (Å²) >= 11 is 1.19. The lowest BCUT2D eigenvalue weighted by Gasteiger charge is -2.25. The maximum absolute atomic E-state index is 12.9. The fraction of sp³-hybridized carbons (Fsp3) is 0.292. The number of hydrogen-bond acceptors (Lipinski definition) is 4. The number of carbonyl (C=O) groups excluding carboxylic acids is 1. The SMILES string of the molecule is O=C(Cc1ccc(S(=O)(=O)N2CCCCC2)s1)NC(c1ccccc1)c1ccccc1. The Morgan fingerprint density at radius 2 is 1.45 bits per heavy atom. The van der Waals surface area contributed by atoms with Gasteiger partial charge in [-0.25, -0.2) is 8.42 Å². The van der Waals surface area contributed by atoms with E-state index in [2.05, 4.69) is 5.32 Å². The van der Waals surface area contributed by atoms with E-state index in [1.165, 1.54) is 11.3 Å². The number of hydrogen-bond donors (Lipinski definition) is 1. The zero-order valence-electron chi connectivity index (χ0n) is 17.2. The van der Waals surface area contributed by atoms with Crippen LogP contribution in [-0.4, -0.2) is 31.7 Å². The smallest absolute Gasteiger partial charge is 0.252 e. The van der Waals surface area contributed by atoms with Crippen LogP contribution in [0.5, 0.6) is 0 Å². The Morgan fingerprint density at radius 3 is 2.03 bits per heavy atom. The van der Waals surface area contributed by atoms with E-state index in [1.807, 2.05) is 60.7 Å². The van der Waals surface area contributed by atoms with Crippen molar-refractivity contribution in [2.24, 2.45) is 0 Å². The normalized spacial score (nSPS) is 15.1. The molecule has 1 N–H and O–H groups in total. The number of amides is 1. The molecule has 0 unspecified atom stereocenters. The first-order chi connectivity index (χ1) is 15.0. The number of piperidine rings is 1. The molecule has 1 amide bonds. The summed E-state index contributed by atoms with van der Waals surface area (Å²) in [5, 5.41) is 3.12. The zero-order valence-corrected chi connectivity index (χ0v) is 18.9. The highest BCUT2D eigenvalue weighted by Gasteiger charge is 2.27. The third-order valence-electron chi connectivity index (χ3n) is 5.45. The third kappa shape index (κ3) is 5.23. The molecule has 162 valence electrons. The molecule has 1 fully saturated rings. The number of carbonyl (C=O) groups is 1. The van der Waals surface area contributed by atoms with Crippen molar-refractivity contribution in [2.75, 3.05) is 13.1 Å². The van der Waals surface area contributed by atoms with Crippen molar-refractivity contribution in [1.29, 1.82) is 0 Å². The molecule has 5 nitrogen and oxygen atoms in total. The van der Waals surface area contributed by atoms with Gasteiger partial charge in [-0.3, -0.25) is 4.79 Å². The van der Waals surface area contributed by atoms with Crippen molar-refractivity contribution < 1.29 is 13.2 Å². The van der Waals surface area contributed by atoms with Crippen molar-refractivity contribution in [2.45, 2.75) is 35.9 Å². The van der Waals surface area contributed by atoms with Crippen LogP contribution in [0.2, 0.25) is 0 Å². The standard InChI is InChI=1S/C24H26N2O3S2/c27-22(25-24(19-10-4-1-5-11-19)20-12-6-2-7-13-20)18-21-14-15-23(30-21)31(28,29)26-16-8-3-9-17-26/h1-2,4-7,10-15,24H,3,8-9,16-18H2,(H,25,27). The first-order valence-electron chi connectivity index (χ1n) is 10.5. The zero-order chi connectivity index (χ0) is 21.7. The summed E-state index contributed by atoms with van der Waals surface area (Å²) in [6.45, 7) is 1.15. The lowest BCUT2D eigenvalue weighted by Crippen LogP contribution is -2.35. The Morgan fingerprint density at radius 1 is 0.871 bits per heavy atom. The van der Waals surface area contributed by atoms with Crippen LogP contribution in [0.3, 0.4) is 0 Å². The van der Waals surface area contributed by atoms with Crippen molar-refractivity contribution in [3.05, 3.63) is 88.8 Å². The van der Waals surface area contributed by atoms with Gasteiger partial charge in [0.05, 0.1) is 12.5 Å². The summed E-state index contributed by atoms with van der Waals surface area (Å²) in [5.74, 6) is -0.138. The predicted molar refractivity (Wildman–Crippen MR) is 124 cm³/mol. The number of benzene rings is 2. The third-order valence-corrected chi connectivity index (χ3v) is 8.90. The molecule has 3 aromatic rings. The Labute approximate surface area is 187 Å². The fourth-order valence-corrected chi connectivity index (χ4v) is 6.87. The van der Waals surface area contributed by atoms with Gasteiger partial charge in [0.2, 0.25) is 5.91 Å². The lowest BCUT2D eigenvalue weighted by atomic mass is 9.98. The highest BCUT2D eigenvalue weighted by Crippen LogP contribution is 2.28. The quantitative estimate of drug-likeness (QED) is 0.576. The van der Waals surface area contributed by atoms with Crippen LogP contribution in [0.25, 0.3) is 0 Å². The molecule has 2 heterocycles. The van der Waals surface area contributed by atoms with E-state index in [0.29, 0.717) is 17.3 Å². The van der Waals surface area contributed by atoms with E-state index in [1.54, 1.807) is 16.4 Å². The molecule has 0 bridgehead atoms. The molecule has 0 atom stereocenters. The highest BCUT2D eigenvalue weighted by atomic mass is 32.2. The van der Waals surface area contributed by atoms with Crippen LogP contribution >= 0.6 is 11.3 Å². The van der Waals surface area contributed by atoms with E-state index in [9.17, 15) is 13.2 Å². The molecule has 0 saturated carbocycles. The van der Waals surface area contributed by atoms with E-state index in [0.717, 1.165) is 35.3 Å². The molecule has 1 aromatic heterocycles. The monoisotopic (exact) mass is 454 g/mol. The van der Waals surface area contributed by atoms with Gasteiger partial charge in [-0.1, -0.05) is 67.1 Å². The summed E-state index contributed by atoms with van der Waals surface area (Å²) in [5.41, 5.74) is 2.00. The van der Waals surface area contributed by atoms with Crippen molar-refractivity contribution in [3.63, 3.8) is 0 Å². The molecule has 0 aliphatic carbocycles. The first-order valence-corrected chi connectivity index (χ1v) is 12.8. The molecule has 2 aromatic carbocycles. The fourth-order valence-electron chi connectivity index (χ4n) is 3.84. The second-order valence-electron chi connectivity index (χ2n) is 7.68. The minimum Gasteiger partial charge on any atom is -0.345 e. The van der Waals surface area contributed by atoms with Crippen LogP contribution in [0, 0.1) is 0 Å². The first kappa shape index (κ1) is 21.7. The molecule has 1 aliphatic rings. The van der Waals surface area contributed by atoms with Gasteiger partial charge in [-0.2, -0.15) is 4.31 Å². The van der Waals surface area contributed by atoms with Crippen molar-refractivity contribution in [3.8, 4) is 0 Å². The Hall–Kier alpha value is -2.48. The van der Waals surface area contributed by atoms with Crippen LogP contribution in [0.1, 0.15) is 41.3 Å². The Balaban J connectivity index is 1.48. The minimum atomic E-state index is -3.47. The van der Waals surface area contributed by atoms with E-state index in [-0.39, 0.29) is 18.4 Å². The van der Waals surface area contributed by atoms with Crippen LogP contribution in [0.4, 0.5) is 0 Å². The van der Waals surface area contributed by atoms with Gasteiger partial charge in [-0.15, -0.1) is 11.3 Å². The number of thiophene rings is 1. The van der Waals surface area contributed by atoms with Gasteiger partial charge in [0.25, 0.3) is 10.0 Å². The molecular formula is C24H26N2O3S2. The van der Waals surface area contributed by atoms with Gasteiger partial charge in [0, 0.05) is 18.0 Å². The summed E-state index contributed by atoms with van der Waals surface area (Å²) in [6.07, 6.45) is 3.03. The molecule has 0 spiro atoms. The van der Waals surface area contributed by atoms with E-state index in [4.69, 9.17) is 0 Å². The highest BCUT2D eigenvalue weighted by molar-refractivity contribution is 7.91. The van der Waals surface area contributed by atoms with E-state index < -0.39 is 10.0 Å². The molecule has 4 rings (SSSR count). The summed E-state index contributed by atoms with van der Waals surface area (Å²) in [7, 11) is -3.47. The van der Waals surface area contributed by atoms with Gasteiger partial charge in [0.15, 0.2) is 0 Å². The van der Waals surface area contributed by atoms with Crippen LogP contribution in [0.15, 0.2) is 77.0 Å². The van der Waals surface area contributed by atoms with Crippen molar-refractivity contribution >= 4 is 27.3 Å². The molecule has 7 heteroatoms. The van der Waals surface area contributed by atoms with Gasteiger partial charge in [0.1, 0.15) is 4.21 Å². The largest absolute Gasteiger partial charge is 0.345 e. The Bertz CT molecular complexity index is 1070. The topological polar surface area (TPSA) is 66.5 Å². The maximum atomic E-state index is 12.9. The summed E-state index contributed by atoms with van der Waals surface area (Å²) < 4.78 is 27.6. The van der Waals surface area contributed by atoms with Gasteiger partial charge in [-0.05, 0) is 36.1 Å². The second kappa shape index (κ2) is 9.77. The number of nitrogens with zero attached hydrogens (tertiary/aromatic N) is 1. The number of sulfonamides is 1. The molecule has 1 aliphatic heterocycles. The molecule has 31 heavy (non-hydrogen) atoms. The van der Waals surface area contributed by atoms with Gasteiger partial charge < -0.3 is 5.32 Å². The predicted octanol–water partition coefficient (Wildman–Crippen LogP) is 4.37. The number of nitrogens with one attached hydrogen (secondary N) is 1. The second-order valence-corrected chi connectivity index (χ2v) is 11.0. The average Bonchev–Trinajstić information content (AvgIpc) is 3.28. The van der Waals surface area contributed by atoms with E-state index >= 15 is 0 Å². The minimum absolute atomic E-state index is 0.138. The summed E-state index contributed by atoms with van der Waals surface area (Å²) in [4.78, 5) is 13.6. The van der Waals surface area contributed by atoms with Gasteiger partial charge >= 0.3 is 0 Å². The van der Waals surface area contributed by atoms with Crippen LogP contribution < -0.4 is 5.32 Å². The molecule has 0 radical (unpaired) electrons. The maximum Gasteiger partial charge on any atom is 0.252 e. The molecular weight excluding hydrogens is 428 g/mol. The molecule has 1 saturated heterocycles. The Kier molecular flexibility index (Phi) is 6.85. The average molecular weight is 455 g/mol. The summed E-state index contributed by atoms with van der Waals surface area (Å²) in [6, 6.07) is 22.8. The van der Waals surface area contributed by atoms with Crippen molar-refractivity contribution in [1.82, 2.24) is 9.62 Å².